The van der Waals surface area contributed by atoms with E-state index in [0.29, 0.717) is 44.7 Å². The minimum Gasteiger partial charge on any atom is -0.341 e. The standard InChI is InChI=1S/C27H41F2N5O2/c1-7-8-27(28,29)22-9-21-20(12-31-22)26(5,6)17-34(21)24(36)15-32-13-18(2)30-11-19(32)14-33-16-25(3,4)10-23(33)35/h9,12,18-19,30H,7-8,10-11,13-17H2,1-6H3/t18?,19-/m1/s1. The Morgan fingerprint density at radius 3 is 2.61 bits per heavy atom. The van der Waals surface area contributed by atoms with Crippen LogP contribution in [0.2, 0.25) is 0 Å². The number of hydrogen-bond donors (Lipinski definition) is 1. The number of rotatable bonds is 7. The fraction of sp³-hybridized carbons (Fsp3) is 0.741. The average molecular weight is 506 g/mol. The summed E-state index contributed by atoms with van der Waals surface area (Å²) in [4.78, 5) is 36.1. The number of nitrogens with one attached hydrogen (secondary N) is 1. The summed E-state index contributed by atoms with van der Waals surface area (Å²) >= 11 is 0. The molecule has 2 amide bonds. The number of likely N-dealkylation sites (tertiary alicyclic amines) is 1. The van der Waals surface area contributed by atoms with Crippen LogP contribution < -0.4 is 10.2 Å². The van der Waals surface area contributed by atoms with Gasteiger partial charge in [0, 0.05) is 74.8 Å². The zero-order valence-corrected chi connectivity index (χ0v) is 22.5. The molecule has 0 spiro atoms. The second kappa shape index (κ2) is 9.63. The van der Waals surface area contributed by atoms with Crippen LogP contribution in [0.25, 0.3) is 0 Å². The van der Waals surface area contributed by atoms with Crippen molar-refractivity contribution in [1.82, 2.24) is 20.1 Å². The van der Waals surface area contributed by atoms with E-state index in [9.17, 15) is 18.4 Å². The highest BCUT2D eigenvalue weighted by Gasteiger charge is 2.43. The largest absolute Gasteiger partial charge is 0.341 e. The van der Waals surface area contributed by atoms with Crippen LogP contribution in [0.5, 0.6) is 0 Å². The maximum Gasteiger partial charge on any atom is 0.289 e. The van der Waals surface area contributed by atoms with Crippen LogP contribution in [-0.2, 0) is 20.9 Å². The Kier molecular flexibility index (Phi) is 7.20. The Labute approximate surface area is 213 Å². The minimum atomic E-state index is -3.03. The lowest BCUT2D eigenvalue weighted by molar-refractivity contribution is -0.128. The lowest BCUT2D eigenvalue weighted by Crippen LogP contribution is -2.61. The second-order valence-corrected chi connectivity index (χ2v) is 12.4. The zero-order valence-electron chi connectivity index (χ0n) is 22.5. The van der Waals surface area contributed by atoms with Crippen molar-refractivity contribution in [2.24, 2.45) is 5.41 Å². The van der Waals surface area contributed by atoms with Crippen LogP contribution in [0.1, 0.15) is 72.1 Å². The molecule has 9 heteroatoms. The quantitative estimate of drug-likeness (QED) is 0.614. The number of aromatic nitrogens is 1. The van der Waals surface area contributed by atoms with Gasteiger partial charge in [0.15, 0.2) is 0 Å². The molecule has 1 aromatic heterocycles. The van der Waals surface area contributed by atoms with Gasteiger partial charge in [-0.15, -0.1) is 0 Å². The van der Waals surface area contributed by atoms with Crippen molar-refractivity contribution in [2.45, 2.75) is 84.2 Å². The van der Waals surface area contributed by atoms with Gasteiger partial charge in [-0.1, -0.05) is 41.0 Å². The van der Waals surface area contributed by atoms with Crippen molar-refractivity contribution in [3.63, 3.8) is 0 Å². The van der Waals surface area contributed by atoms with Crippen molar-refractivity contribution in [2.75, 3.05) is 44.2 Å². The fourth-order valence-electron chi connectivity index (χ4n) is 5.89. The Morgan fingerprint density at radius 2 is 1.97 bits per heavy atom. The zero-order chi connectivity index (χ0) is 26.5. The summed E-state index contributed by atoms with van der Waals surface area (Å²) in [5, 5.41) is 3.48. The number of fused-ring (bicyclic) bond motifs is 1. The minimum absolute atomic E-state index is 0.0139. The molecule has 2 saturated heterocycles. The number of piperazine rings is 1. The number of pyridine rings is 1. The molecule has 3 aliphatic heterocycles. The first-order valence-electron chi connectivity index (χ1n) is 13.2. The van der Waals surface area contributed by atoms with E-state index in [1.54, 1.807) is 11.8 Å². The van der Waals surface area contributed by atoms with E-state index < -0.39 is 5.92 Å². The van der Waals surface area contributed by atoms with Crippen molar-refractivity contribution in [3.05, 3.63) is 23.5 Å². The van der Waals surface area contributed by atoms with Crippen LogP contribution in [0, 0.1) is 5.41 Å². The van der Waals surface area contributed by atoms with E-state index in [-0.39, 0.29) is 53.4 Å². The smallest absolute Gasteiger partial charge is 0.289 e. The summed E-state index contributed by atoms with van der Waals surface area (Å²) in [6.45, 7) is 15.3. The molecule has 0 radical (unpaired) electrons. The number of carbonyl (C=O) groups is 2. The molecule has 36 heavy (non-hydrogen) atoms. The predicted molar refractivity (Wildman–Crippen MR) is 136 cm³/mol. The number of halogens is 2. The van der Waals surface area contributed by atoms with Crippen molar-refractivity contribution < 1.29 is 18.4 Å². The average Bonchev–Trinajstić information content (AvgIpc) is 3.20. The fourth-order valence-corrected chi connectivity index (χ4v) is 5.89. The Hall–Kier alpha value is -2.13. The molecule has 2 fully saturated rings. The van der Waals surface area contributed by atoms with Crippen molar-refractivity contribution >= 4 is 17.5 Å². The van der Waals surface area contributed by atoms with Gasteiger partial charge < -0.3 is 15.1 Å². The molecule has 0 aliphatic carbocycles. The summed E-state index contributed by atoms with van der Waals surface area (Å²) in [6, 6.07) is 1.64. The number of carbonyl (C=O) groups excluding carboxylic acids is 2. The van der Waals surface area contributed by atoms with Crippen LogP contribution in [0.15, 0.2) is 12.3 Å². The molecule has 4 rings (SSSR count). The first-order valence-corrected chi connectivity index (χ1v) is 13.2. The molecule has 1 aromatic rings. The van der Waals surface area contributed by atoms with E-state index in [0.717, 1.165) is 12.1 Å². The summed E-state index contributed by atoms with van der Waals surface area (Å²) < 4.78 is 29.4. The number of alkyl halides is 2. The van der Waals surface area contributed by atoms with Crippen molar-refractivity contribution in [1.29, 1.82) is 0 Å². The van der Waals surface area contributed by atoms with Gasteiger partial charge in [-0.2, -0.15) is 8.78 Å². The van der Waals surface area contributed by atoms with Crippen LogP contribution in [-0.4, -0.2) is 78.0 Å². The van der Waals surface area contributed by atoms with E-state index in [4.69, 9.17) is 0 Å². The van der Waals surface area contributed by atoms with Gasteiger partial charge in [0.2, 0.25) is 11.8 Å². The van der Waals surface area contributed by atoms with E-state index >= 15 is 0 Å². The third kappa shape index (κ3) is 5.42. The van der Waals surface area contributed by atoms with Crippen LogP contribution >= 0.6 is 0 Å². The number of anilines is 1. The molecule has 3 aliphatic rings. The SMILES string of the molecule is CCCC(F)(F)c1cc2c(cn1)C(C)(C)CN2C(=O)CN1CC(C)NC[C@@H]1CN1CC(C)(C)CC1=O. The molecular weight excluding hydrogens is 464 g/mol. The molecular formula is C27H41F2N5O2. The van der Waals surface area contributed by atoms with Crippen LogP contribution in [0.4, 0.5) is 14.5 Å². The summed E-state index contributed by atoms with van der Waals surface area (Å²) in [5.74, 6) is -2.97. The molecule has 4 heterocycles. The monoisotopic (exact) mass is 505 g/mol. The Bertz CT molecular complexity index is 1010. The van der Waals surface area contributed by atoms with Gasteiger partial charge in [0.05, 0.1) is 12.2 Å². The van der Waals surface area contributed by atoms with Gasteiger partial charge >= 0.3 is 0 Å². The molecule has 1 unspecified atom stereocenters. The number of amides is 2. The van der Waals surface area contributed by atoms with Gasteiger partial charge in [-0.25, -0.2) is 0 Å². The van der Waals surface area contributed by atoms with Gasteiger partial charge in [0.1, 0.15) is 5.69 Å². The normalized spacial score (nSPS) is 25.9. The third-order valence-corrected chi connectivity index (χ3v) is 7.79. The topological polar surface area (TPSA) is 68.8 Å². The summed E-state index contributed by atoms with van der Waals surface area (Å²) in [7, 11) is 0. The third-order valence-electron chi connectivity index (χ3n) is 7.79. The molecule has 0 aromatic carbocycles. The molecule has 0 saturated carbocycles. The Morgan fingerprint density at radius 1 is 1.25 bits per heavy atom. The highest BCUT2D eigenvalue weighted by atomic mass is 19.3. The van der Waals surface area contributed by atoms with Gasteiger partial charge in [-0.3, -0.25) is 19.5 Å². The van der Waals surface area contributed by atoms with E-state index in [1.165, 1.54) is 12.3 Å². The molecule has 200 valence electrons. The van der Waals surface area contributed by atoms with Crippen LogP contribution in [0.3, 0.4) is 0 Å². The number of nitrogens with zero attached hydrogens (tertiary/aromatic N) is 4. The Balaban J connectivity index is 1.54. The predicted octanol–water partition coefficient (Wildman–Crippen LogP) is 3.52. The molecule has 2 atom stereocenters. The number of hydrogen-bond acceptors (Lipinski definition) is 5. The second-order valence-electron chi connectivity index (χ2n) is 12.4. The summed E-state index contributed by atoms with van der Waals surface area (Å²) in [5.41, 5.74) is 0.676. The van der Waals surface area contributed by atoms with E-state index in [1.807, 2.05) is 18.7 Å². The van der Waals surface area contributed by atoms with Crippen molar-refractivity contribution in [3.8, 4) is 0 Å². The maximum absolute atomic E-state index is 14.7. The maximum atomic E-state index is 14.7. The van der Waals surface area contributed by atoms with Gasteiger partial charge in [0.25, 0.3) is 5.92 Å². The molecule has 7 nitrogen and oxygen atoms in total. The highest BCUT2D eigenvalue weighted by Crippen LogP contribution is 2.43. The summed E-state index contributed by atoms with van der Waals surface area (Å²) in [6.07, 6.45) is 2.14. The molecule has 1 N–H and O–H groups in total. The highest BCUT2D eigenvalue weighted by molar-refractivity contribution is 5.97. The first-order chi connectivity index (χ1) is 16.7. The van der Waals surface area contributed by atoms with E-state index in [2.05, 4.69) is 36.0 Å². The first kappa shape index (κ1) is 26.9. The lowest BCUT2D eigenvalue weighted by Gasteiger charge is -2.41. The lowest BCUT2D eigenvalue weighted by atomic mass is 9.88. The molecule has 0 bridgehead atoms. The van der Waals surface area contributed by atoms with Gasteiger partial charge in [-0.05, 0) is 18.4 Å².